The summed E-state index contributed by atoms with van der Waals surface area (Å²) in [6, 6.07) is 3.18. The molecule has 1 aromatic carbocycles. The number of benzene rings is 1. The molecule has 1 atom stereocenters. The lowest BCUT2D eigenvalue weighted by atomic mass is 10.3. The lowest BCUT2D eigenvalue weighted by Crippen LogP contribution is -2.16. The molecule has 0 saturated heterocycles. The minimum Gasteiger partial charge on any atom is -0.489 e. The molecule has 7 nitrogen and oxygen atoms in total. The first kappa shape index (κ1) is 15.7. The summed E-state index contributed by atoms with van der Waals surface area (Å²) < 4.78 is 32.9. The Bertz CT molecular complexity index is 573. The summed E-state index contributed by atoms with van der Waals surface area (Å²) in [5.41, 5.74) is -0.383. The maximum absolute atomic E-state index is 11.4. The fraction of sp³-hybridized carbons (Fsp3) is 0.400. The zero-order valence-electron chi connectivity index (χ0n) is 10.2. The molecular weight excluding hydrogens is 298 g/mol. The number of halogens is 1. The highest BCUT2D eigenvalue weighted by Crippen LogP contribution is 2.30. The van der Waals surface area contributed by atoms with Crippen molar-refractivity contribution in [3.63, 3.8) is 0 Å². The summed E-state index contributed by atoms with van der Waals surface area (Å²) >= 11 is 0. The monoisotopic (exact) mass is 309 g/mol. The van der Waals surface area contributed by atoms with E-state index in [-0.39, 0.29) is 24.1 Å². The largest absolute Gasteiger partial charge is 0.489 e. The molecule has 0 saturated carbocycles. The predicted molar refractivity (Wildman–Crippen MR) is 68.1 cm³/mol. The molecule has 0 aliphatic carbocycles. The Kier molecular flexibility index (Phi) is 5.10. The quantitative estimate of drug-likeness (QED) is 0.452. The van der Waals surface area contributed by atoms with Crippen LogP contribution < -0.4 is 4.74 Å². The second-order valence-electron chi connectivity index (χ2n) is 3.68. The van der Waals surface area contributed by atoms with Gasteiger partial charge in [0.1, 0.15) is 17.3 Å². The zero-order valence-corrected chi connectivity index (χ0v) is 11.8. The van der Waals surface area contributed by atoms with Gasteiger partial charge >= 0.3 is 0 Å². The average Bonchev–Trinajstić information content (AvgIpc) is 2.34. The van der Waals surface area contributed by atoms with Crippen LogP contribution in [0, 0.1) is 10.1 Å². The highest BCUT2D eigenvalue weighted by Gasteiger charge is 2.21. The van der Waals surface area contributed by atoms with Gasteiger partial charge in [0, 0.05) is 29.9 Å². The highest BCUT2D eigenvalue weighted by atomic mass is 35.7. The SMILES string of the molecule is COC(C)COc1ccc([N+](=O)[O-])cc1S(=O)(=O)Cl. The minimum absolute atomic E-state index is 0.0514. The van der Waals surface area contributed by atoms with Gasteiger partial charge in [-0.15, -0.1) is 0 Å². The molecule has 1 unspecified atom stereocenters. The molecule has 106 valence electrons. The number of rotatable bonds is 6. The van der Waals surface area contributed by atoms with Crippen LogP contribution in [0.3, 0.4) is 0 Å². The van der Waals surface area contributed by atoms with E-state index in [0.29, 0.717) is 0 Å². The van der Waals surface area contributed by atoms with Crippen LogP contribution in [0.2, 0.25) is 0 Å². The third-order valence-electron chi connectivity index (χ3n) is 2.28. The van der Waals surface area contributed by atoms with E-state index in [1.807, 2.05) is 0 Å². The van der Waals surface area contributed by atoms with Crippen molar-refractivity contribution in [3.05, 3.63) is 28.3 Å². The van der Waals surface area contributed by atoms with Gasteiger partial charge in [-0.05, 0) is 13.0 Å². The molecule has 0 radical (unpaired) electrons. The topological polar surface area (TPSA) is 95.7 Å². The van der Waals surface area contributed by atoms with Gasteiger partial charge in [-0.3, -0.25) is 10.1 Å². The minimum atomic E-state index is -4.14. The van der Waals surface area contributed by atoms with Crippen LogP contribution in [-0.2, 0) is 13.8 Å². The smallest absolute Gasteiger partial charge is 0.271 e. The van der Waals surface area contributed by atoms with E-state index in [4.69, 9.17) is 20.2 Å². The fourth-order valence-corrected chi connectivity index (χ4v) is 2.19. The van der Waals surface area contributed by atoms with Crippen LogP contribution in [-0.4, -0.2) is 33.2 Å². The molecule has 0 N–H and O–H groups in total. The van der Waals surface area contributed by atoms with Gasteiger partial charge < -0.3 is 9.47 Å². The van der Waals surface area contributed by atoms with E-state index in [0.717, 1.165) is 12.1 Å². The maximum Gasteiger partial charge on any atom is 0.271 e. The number of methoxy groups -OCH3 is 1. The molecule has 1 aromatic rings. The van der Waals surface area contributed by atoms with E-state index in [9.17, 15) is 18.5 Å². The molecule has 0 amide bonds. The molecule has 0 aromatic heterocycles. The normalized spacial score (nSPS) is 13.0. The molecule has 0 aliphatic heterocycles. The highest BCUT2D eigenvalue weighted by molar-refractivity contribution is 8.13. The summed E-state index contributed by atoms with van der Waals surface area (Å²) in [6.45, 7) is 1.81. The van der Waals surface area contributed by atoms with E-state index < -0.39 is 18.9 Å². The summed E-state index contributed by atoms with van der Waals surface area (Å²) in [7, 11) is 2.56. The van der Waals surface area contributed by atoms with Gasteiger partial charge in [0.2, 0.25) is 0 Å². The van der Waals surface area contributed by atoms with Crippen molar-refractivity contribution in [3.8, 4) is 5.75 Å². The van der Waals surface area contributed by atoms with Crippen molar-refractivity contribution in [2.45, 2.75) is 17.9 Å². The Balaban J connectivity index is 3.14. The third-order valence-corrected chi connectivity index (χ3v) is 3.62. The number of hydrogen-bond acceptors (Lipinski definition) is 6. The molecule has 19 heavy (non-hydrogen) atoms. The Morgan fingerprint density at radius 3 is 2.58 bits per heavy atom. The van der Waals surface area contributed by atoms with Crippen LogP contribution in [0.25, 0.3) is 0 Å². The summed E-state index contributed by atoms with van der Waals surface area (Å²) in [6.07, 6.45) is -0.263. The second kappa shape index (κ2) is 6.18. The molecule has 0 fully saturated rings. The van der Waals surface area contributed by atoms with E-state index in [1.165, 1.54) is 13.2 Å². The van der Waals surface area contributed by atoms with Crippen LogP contribution in [0.4, 0.5) is 5.69 Å². The number of nitro benzene ring substituents is 1. The van der Waals surface area contributed by atoms with Gasteiger partial charge in [-0.25, -0.2) is 8.42 Å². The number of nitro groups is 1. The Hall–Kier alpha value is -1.38. The number of ether oxygens (including phenoxy) is 2. The van der Waals surface area contributed by atoms with E-state index >= 15 is 0 Å². The zero-order chi connectivity index (χ0) is 14.6. The first-order chi connectivity index (χ1) is 8.75. The molecular formula is C10H12ClNO6S. The van der Waals surface area contributed by atoms with Gasteiger partial charge in [0.15, 0.2) is 0 Å². The number of hydrogen-bond donors (Lipinski definition) is 0. The van der Waals surface area contributed by atoms with Crippen molar-refractivity contribution in [1.82, 2.24) is 0 Å². The molecule has 0 aliphatic rings. The number of non-ortho nitro benzene ring substituents is 1. The van der Waals surface area contributed by atoms with Crippen molar-refractivity contribution >= 4 is 25.4 Å². The van der Waals surface area contributed by atoms with Gasteiger partial charge in [0.05, 0.1) is 11.0 Å². The Morgan fingerprint density at radius 1 is 1.47 bits per heavy atom. The van der Waals surface area contributed by atoms with Gasteiger partial charge in [-0.1, -0.05) is 0 Å². The first-order valence-electron chi connectivity index (χ1n) is 5.14. The van der Waals surface area contributed by atoms with Crippen LogP contribution in [0.1, 0.15) is 6.92 Å². The summed E-state index contributed by atoms with van der Waals surface area (Å²) in [5.74, 6) is -0.0514. The third kappa shape index (κ3) is 4.34. The maximum atomic E-state index is 11.4. The van der Waals surface area contributed by atoms with Crippen LogP contribution >= 0.6 is 10.7 Å². The van der Waals surface area contributed by atoms with Crippen molar-refractivity contribution in [1.29, 1.82) is 0 Å². The Morgan fingerprint density at radius 2 is 2.11 bits per heavy atom. The molecule has 0 bridgehead atoms. The van der Waals surface area contributed by atoms with Gasteiger partial charge in [-0.2, -0.15) is 0 Å². The summed E-state index contributed by atoms with van der Waals surface area (Å²) in [4.78, 5) is 9.46. The molecule has 0 spiro atoms. The van der Waals surface area contributed by atoms with E-state index in [1.54, 1.807) is 6.92 Å². The lowest BCUT2D eigenvalue weighted by molar-refractivity contribution is -0.385. The first-order valence-corrected chi connectivity index (χ1v) is 7.45. The summed E-state index contributed by atoms with van der Waals surface area (Å²) in [5, 5.41) is 10.6. The second-order valence-corrected chi connectivity index (χ2v) is 6.22. The Labute approximate surface area is 114 Å². The molecule has 0 heterocycles. The fourth-order valence-electron chi connectivity index (χ4n) is 1.20. The van der Waals surface area contributed by atoms with Gasteiger partial charge in [0.25, 0.3) is 14.7 Å². The average molecular weight is 310 g/mol. The molecule has 9 heteroatoms. The van der Waals surface area contributed by atoms with Crippen molar-refractivity contribution < 1.29 is 22.8 Å². The lowest BCUT2D eigenvalue weighted by Gasteiger charge is -2.13. The van der Waals surface area contributed by atoms with E-state index in [2.05, 4.69) is 0 Å². The van der Waals surface area contributed by atoms with Crippen LogP contribution in [0.5, 0.6) is 5.75 Å². The van der Waals surface area contributed by atoms with Crippen molar-refractivity contribution in [2.24, 2.45) is 0 Å². The van der Waals surface area contributed by atoms with Crippen molar-refractivity contribution in [2.75, 3.05) is 13.7 Å². The molecule has 1 rings (SSSR count). The number of nitrogens with zero attached hydrogens (tertiary/aromatic N) is 1. The standard InChI is InChI=1S/C10H12ClNO6S/c1-7(17-2)6-18-9-4-3-8(12(13)14)5-10(9)19(11,15)16/h3-5,7H,6H2,1-2H3. The predicted octanol–water partition coefficient (Wildman–Crippen LogP) is 1.94. The van der Waals surface area contributed by atoms with Crippen LogP contribution in [0.15, 0.2) is 23.1 Å².